The summed E-state index contributed by atoms with van der Waals surface area (Å²) in [6.45, 7) is 1.83. The third-order valence-electron chi connectivity index (χ3n) is 3.22. The summed E-state index contributed by atoms with van der Waals surface area (Å²) < 4.78 is 0. The lowest BCUT2D eigenvalue weighted by Crippen LogP contribution is -2.07. The van der Waals surface area contributed by atoms with Gasteiger partial charge in [0.05, 0.1) is 9.95 Å². The predicted octanol–water partition coefficient (Wildman–Crippen LogP) is 3.62. The minimum absolute atomic E-state index is 0.00547. The number of anilines is 4. The molecule has 3 rings (SSSR count). The molecular weight excluding hydrogens is 346 g/mol. The van der Waals surface area contributed by atoms with Crippen LogP contribution in [0.2, 0.25) is 5.02 Å². The Hall–Kier alpha value is -3.33. The van der Waals surface area contributed by atoms with Gasteiger partial charge in [0.15, 0.2) is 0 Å². The van der Waals surface area contributed by atoms with Gasteiger partial charge in [-0.1, -0.05) is 17.7 Å². The number of hydrogen-bond donors (Lipinski definition) is 2. The third-order valence-corrected chi connectivity index (χ3v) is 3.45. The molecule has 0 saturated carbocycles. The fourth-order valence-corrected chi connectivity index (χ4v) is 2.15. The number of rotatable bonds is 5. The molecule has 9 nitrogen and oxygen atoms in total. The van der Waals surface area contributed by atoms with Gasteiger partial charge in [0.1, 0.15) is 18.0 Å². The molecule has 0 atom stereocenters. The standard InChI is InChI=1S/C15H12ClN7O2/c1-9-3-2-6-17-13(9)22-15-12(23(24)25)14(19-8-20-15)21-11-5-4-10(16)7-18-11/h2-8H,1H3,(H2,17,18,19,20,21,22). The van der Waals surface area contributed by atoms with Crippen molar-refractivity contribution in [1.29, 1.82) is 0 Å². The number of nitro groups is 1. The zero-order valence-electron chi connectivity index (χ0n) is 13.0. The zero-order chi connectivity index (χ0) is 17.8. The molecule has 3 heterocycles. The van der Waals surface area contributed by atoms with Gasteiger partial charge in [0, 0.05) is 12.4 Å². The van der Waals surface area contributed by atoms with Crippen molar-refractivity contribution in [3.63, 3.8) is 0 Å². The highest BCUT2D eigenvalue weighted by Gasteiger charge is 2.24. The fourth-order valence-electron chi connectivity index (χ4n) is 2.03. The van der Waals surface area contributed by atoms with E-state index in [1.165, 1.54) is 12.5 Å². The van der Waals surface area contributed by atoms with E-state index in [0.717, 1.165) is 5.56 Å². The Morgan fingerprint density at radius 2 is 1.80 bits per heavy atom. The summed E-state index contributed by atoms with van der Waals surface area (Å²) in [5, 5.41) is 17.7. The minimum atomic E-state index is -0.571. The molecule has 0 aromatic carbocycles. The second kappa shape index (κ2) is 7.05. The molecule has 0 spiro atoms. The van der Waals surface area contributed by atoms with E-state index >= 15 is 0 Å². The van der Waals surface area contributed by atoms with Crippen molar-refractivity contribution in [2.45, 2.75) is 6.92 Å². The second-order valence-electron chi connectivity index (χ2n) is 4.96. The highest BCUT2D eigenvalue weighted by atomic mass is 35.5. The average molecular weight is 358 g/mol. The molecule has 126 valence electrons. The first-order valence-corrected chi connectivity index (χ1v) is 7.49. The van der Waals surface area contributed by atoms with Gasteiger partial charge >= 0.3 is 5.69 Å². The van der Waals surface area contributed by atoms with Gasteiger partial charge in [-0.05, 0) is 30.7 Å². The molecule has 3 aromatic heterocycles. The van der Waals surface area contributed by atoms with Gasteiger partial charge in [0.25, 0.3) is 0 Å². The van der Waals surface area contributed by atoms with Crippen LogP contribution in [0.25, 0.3) is 0 Å². The number of halogens is 1. The highest BCUT2D eigenvalue weighted by Crippen LogP contribution is 2.32. The van der Waals surface area contributed by atoms with E-state index in [-0.39, 0.29) is 17.3 Å². The topological polar surface area (TPSA) is 119 Å². The lowest BCUT2D eigenvalue weighted by atomic mass is 10.3. The molecule has 0 radical (unpaired) electrons. The molecule has 0 aliphatic heterocycles. The van der Waals surface area contributed by atoms with Crippen LogP contribution in [0.3, 0.4) is 0 Å². The Bertz CT molecular complexity index is 918. The maximum atomic E-state index is 11.5. The van der Waals surface area contributed by atoms with Crippen LogP contribution in [0, 0.1) is 17.0 Å². The van der Waals surface area contributed by atoms with Crippen LogP contribution in [0.1, 0.15) is 5.56 Å². The Morgan fingerprint density at radius 3 is 2.44 bits per heavy atom. The fraction of sp³-hybridized carbons (Fsp3) is 0.0667. The van der Waals surface area contributed by atoms with Gasteiger partial charge in [-0.25, -0.2) is 19.9 Å². The molecule has 25 heavy (non-hydrogen) atoms. The first kappa shape index (κ1) is 16.5. The van der Waals surface area contributed by atoms with Crippen molar-refractivity contribution in [3.05, 3.63) is 63.7 Å². The van der Waals surface area contributed by atoms with Gasteiger partial charge in [-0.2, -0.15) is 0 Å². The van der Waals surface area contributed by atoms with Gasteiger partial charge in [0.2, 0.25) is 11.6 Å². The largest absolute Gasteiger partial charge is 0.354 e. The molecule has 0 aliphatic rings. The number of aromatic nitrogens is 4. The van der Waals surface area contributed by atoms with Crippen molar-refractivity contribution < 1.29 is 4.92 Å². The van der Waals surface area contributed by atoms with E-state index < -0.39 is 4.92 Å². The normalized spacial score (nSPS) is 10.3. The van der Waals surface area contributed by atoms with Crippen LogP contribution in [0.5, 0.6) is 0 Å². The van der Waals surface area contributed by atoms with E-state index in [9.17, 15) is 10.1 Å². The van der Waals surface area contributed by atoms with Gasteiger partial charge < -0.3 is 10.6 Å². The van der Waals surface area contributed by atoms with Gasteiger partial charge in [-0.15, -0.1) is 0 Å². The first-order chi connectivity index (χ1) is 12.0. The average Bonchev–Trinajstić information content (AvgIpc) is 2.59. The zero-order valence-corrected chi connectivity index (χ0v) is 13.7. The Kier molecular flexibility index (Phi) is 4.66. The number of hydrogen-bond acceptors (Lipinski definition) is 8. The molecule has 0 amide bonds. The summed E-state index contributed by atoms with van der Waals surface area (Å²) in [6.07, 6.45) is 4.22. The number of pyridine rings is 2. The molecule has 0 unspecified atom stereocenters. The Morgan fingerprint density at radius 1 is 1.04 bits per heavy atom. The Balaban J connectivity index is 1.98. The van der Waals surface area contributed by atoms with E-state index in [4.69, 9.17) is 11.6 Å². The monoisotopic (exact) mass is 357 g/mol. The van der Waals surface area contributed by atoms with Crippen LogP contribution < -0.4 is 10.6 Å². The van der Waals surface area contributed by atoms with Crippen molar-refractivity contribution in [2.24, 2.45) is 0 Å². The third kappa shape index (κ3) is 3.78. The smallest absolute Gasteiger partial charge is 0.319 e. The minimum Gasteiger partial charge on any atom is -0.319 e. The lowest BCUT2D eigenvalue weighted by Gasteiger charge is -2.10. The van der Waals surface area contributed by atoms with Crippen LogP contribution in [-0.4, -0.2) is 24.9 Å². The Labute approximate surface area is 147 Å². The number of nitrogens with zero attached hydrogens (tertiary/aromatic N) is 5. The molecule has 2 N–H and O–H groups in total. The van der Waals surface area contributed by atoms with E-state index in [1.54, 1.807) is 24.4 Å². The first-order valence-electron chi connectivity index (χ1n) is 7.11. The quantitative estimate of drug-likeness (QED) is 0.524. The van der Waals surface area contributed by atoms with Crippen LogP contribution in [0.4, 0.5) is 29.0 Å². The van der Waals surface area contributed by atoms with E-state index in [1.807, 2.05) is 13.0 Å². The summed E-state index contributed by atoms with van der Waals surface area (Å²) in [4.78, 5) is 27.1. The maximum Gasteiger partial charge on any atom is 0.354 e. The lowest BCUT2D eigenvalue weighted by molar-refractivity contribution is -0.383. The summed E-state index contributed by atoms with van der Waals surface area (Å²) in [5.41, 5.74) is 0.508. The van der Waals surface area contributed by atoms with Gasteiger partial charge in [-0.3, -0.25) is 10.1 Å². The molecule has 0 aliphatic carbocycles. The van der Waals surface area contributed by atoms with Crippen LogP contribution in [-0.2, 0) is 0 Å². The van der Waals surface area contributed by atoms with E-state index in [2.05, 4.69) is 30.6 Å². The molecule has 10 heteroatoms. The number of nitrogens with one attached hydrogen (secondary N) is 2. The summed E-state index contributed by atoms with van der Waals surface area (Å²) in [5.74, 6) is 0.871. The molecule has 0 saturated heterocycles. The van der Waals surface area contributed by atoms with E-state index in [0.29, 0.717) is 16.7 Å². The van der Waals surface area contributed by atoms with Crippen molar-refractivity contribution in [3.8, 4) is 0 Å². The maximum absolute atomic E-state index is 11.5. The van der Waals surface area contributed by atoms with Crippen LogP contribution >= 0.6 is 11.6 Å². The van der Waals surface area contributed by atoms with Crippen molar-refractivity contribution in [2.75, 3.05) is 10.6 Å². The highest BCUT2D eigenvalue weighted by molar-refractivity contribution is 6.30. The summed E-state index contributed by atoms with van der Waals surface area (Å²) in [7, 11) is 0. The van der Waals surface area contributed by atoms with Crippen molar-refractivity contribution >= 4 is 40.6 Å². The predicted molar refractivity (Wildman–Crippen MR) is 93.5 cm³/mol. The molecular formula is C15H12ClN7O2. The second-order valence-corrected chi connectivity index (χ2v) is 5.39. The molecule has 0 fully saturated rings. The van der Waals surface area contributed by atoms with Crippen molar-refractivity contribution in [1.82, 2.24) is 19.9 Å². The van der Waals surface area contributed by atoms with Crippen LogP contribution in [0.15, 0.2) is 43.0 Å². The summed E-state index contributed by atoms with van der Waals surface area (Å²) >= 11 is 5.79. The summed E-state index contributed by atoms with van der Waals surface area (Å²) in [6, 6.07) is 6.80. The number of aryl methyl sites for hydroxylation is 1. The SMILES string of the molecule is Cc1cccnc1Nc1ncnc(Nc2ccc(Cl)cn2)c1[N+](=O)[O-]. The molecule has 0 bridgehead atoms. The molecule has 3 aromatic rings.